The third kappa shape index (κ3) is 5.50. The van der Waals surface area contributed by atoms with E-state index >= 15 is 0 Å². The van der Waals surface area contributed by atoms with Crippen LogP contribution in [0, 0.1) is 5.92 Å². The van der Waals surface area contributed by atoms with Gasteiger partial charge in [0, 0.05) is 12.3 Å². The van der Waals surface area contributed by atoms with Crippen LogP contribution in [0.25, 0.3) is 0 Å². The van der Waals surface area contributed by atoms with Gasteiger partial charge in [-0.2, -0.15) is 25.8 Å². The number of alkyl halides is 3. The molecule has 2 N–H and O–H groups in total. The number of halogens is 3. The van der Waals surface area contributed by atoms with Crippen molar-refractivity contribution in [1.82, 2.24) is 5.32 Å². The third-order valence-corrected chi connectivity index (χ3v) is 2.05. The first kappa shape index (κ1) is 14.1. The number of thiol groups is 1. The number of hydrogen-bond donors (Lipinski definition) is 3. The lowest BCUT2D eigenvalue weighted by Crippen LogP contribution is -2.38. The molecule has 0 radical (unpaired) electrons. The van der Waals surface area contributed by atoms with Gasteiger partial charge in [0.2, 0.25) is 0 Å². The Balaban J connectivity index is 3.89. The van der Waals surface area contributed by atoms with Crippen molar-refractivity contribution in [1.29, 1.82) is 0 Å². The molecule has 0 aromatic heterocycles. The molecule has 1 atom stereocenters. The summed E-state index contributed by atoms with van der Waals surface area (Å²) in [7, 11) is 0. The van der Waals surface area contributed by atoms with Crippen molar-refractivity contribution in [3.8, 4) is 0 Å². The Hall–Kier alpha value is -0.920. The minimum absolute atomic E-state index is 0.0111. The van der Waals surface area contributed by atoms with Gasteiger partial charge in [0.25, 0.3) is 0 Å². The highest BCUT2D eigenvalue weighted by Gasteiger charge is 2.38. The molecule has 0 aliphatic rings. The van der Waals surface area contributed by atoms with Crippen LogP contribution in [-0.2, 0) is 9.59 Å². The van der Waals surface area contributed by atoms with Crippen LogP contribution in [0.15, 0.2) is 0 Å². The standard InChI is InChI=1S/C7H10F3NO3S/c8-7(9,10)6(14)11-2-1-4(3-15)5(12)13/h4,15H,1-3H2,(H,11,14)(H,12,13)/t4-/m1/s1. The first-order valence-corrected chi connectivity index (χ1v) is 4.61. The Kier molecular flexibility index (Phi) is 5.48. The molecular weight excluding hydrogens is 235 g/mol. The Morgan fingerprint density at radius 3 is 2.27 bits per heavy atom. The number of carboxylic acid groups (broad SMARTS) is 1. The Bertz CT molecular complexity index is 244. The molecule has 0 aliphatic carbocycles. The van der Waals surface area contributed by atoms with Crippen LogP contribution in [0.1, 0.15) is 6.42 Å². The molecule has 0 saturated carbocycles. The molecule has 0 aromatic rings. The SMILES string of the molecule is O=C(O)[C@@H](CS)CCNC(=O)C(F)(F)F. The van der Waals surface area contributed by atoms with E-state index in [0.717, 1.165) is 0 Å². The van der Waals surface area contributed by atoms with Crippen LogP contribution in [0.2, 0.25) is 0 Å². The highest BCUT2D eigenvalue weighted by Crippen LogP contribution is 2.14. The van der Waals surface area contributed by atoms with Gasteiger partial charge in [-0.3, -0.25) is 9.59 Å². The fraction of sp³-hybridized carbons (Fsp3) is 0.714. The summed E-state index contributed by atoms with van der Waals surface area (Å²) in [6.07, 6.45) is -5.01. The van der Waals surface area contributed by atoms with Gasteiger partial charge in [-0.05, 0) is 6.42 Å². The largest absolute Gasteiger partial charge is 0.481 e. The van der Waals surface area contributed by atoms with E-state index in [1.807, 2.05) is 0 Å². The average molecular weight is 245 g/mol. The van der Waals surface area contributed by atoms with Crippen LogP contribution < -0.4 is 5.32 Å². The molecule has 8 heteroatoms. The number of carboxylic acids is 1. The van der Waals surface area contributed by atoms with E-state index in [1.54, 1.807) is 5.32 Å². The minimum Gasteiger partial charge on any atom is -0.481 e. The maximum Gasteiger partial charge on any atom is 0.471 e. The van der Waals surface area contributed by atoms with Gasteiger partial charge >= 0.3 is 18.1 Å². The number of amides is 1. The number of rotatable bonds is 5. The van der Waals surface area contributed by atoms with Gasteiger partial charge in [0.1, 0.15) is 0 Å². The molecule has 0 heterocycles. The van der Waals surface area contributed by atoms with Gasteiger partial charge in [-0.25, -0.2) is 0 Å². The lowest BCUT2D eigenvalue weighted by Gasteiger charge is -2.11. The second kappa shape index (κ2) is 5.84. The second-order valence-corrected chi connectivity index (χ2v) is 3.13. The predicted molar refractivity (Wildman–Crippen MR) is 48.7 cm³/mol. The van der Waals surface area contributed by atoms with Crippen LogP contribution in [0.4, 0.5) is 13.2 Å². The summed E-state index contributed by atoms with van der Waals surface area (Å²) >= 11 is 3.72. The summed E-state index contributed by atoms with van der Waals surface area (Å²) in [4.78, 5) is 20.7. The Labute approximate surface area is 89.2 Å². The smallest absolute Gasteiger partial charge is 0.471 e. The maximum atomic E-state index is 11.7. The van der Waals surface area contributed by atoms with Crippen molar-refractivity contribution < 1.29 is 27.9 Å². The van der Waals surface area contributed by atoms with E-state index in [-0.39, 0.29) is 18.7 Å². The first-order valence-electron chi connectivity index (χ1n) is 3.97. The van der Waals surface area contributed by atoms with E-state index in [2.05, 4.69) is 12.6 Å². The number of carbonyl (C=O) groups excluding carboxylic acids is 1. The summed E-state index contributed by atoms with van der Waals surface area (Å²) in [5.41, 5.74) is 0. The number of aliphatic carboxylic acids is 1. The fourth-order valence-electron chi connectivity index (χ4n) is 0.753. The van der Waals surface area contributed by atoms with Crippen molar-refractivity contribution >= 4 is 24.5 Å². The van der Waals surface area contributed by atoms with Gasteiger partial charge < -0.3 is 10.4 Å². The van der Waals surface area contributed by atoms with E-state index in [9.17, 15) is 22.8 Å². The monoisotopic (exact) mass is 245 g/mol. The topological polar surface area (TPSA) is 66.4 Å². The molecular formula is C7H10F3NO3S. The van der Waals surface area contributed by atoms with Crippen molar-refractivity contribution in [2.45, 2.75) is 12.6 Å². The molecule has 0 bridgehead atoms. The summed E-state index contributed by atoms with van der Waals surface area (Å²) in [6, 6.07) is 0. The molecule has 0 fully saturated rings. The molecule has 0 aliphatic heterocycles. The van der Waals surface area contributed by atoms with Crippen molar-refractivity contribution in [2.24, 2.45) is 5.92 Å². The molecule has 88 valence electrons. The zero-order valence-corrected chi connectivity index (χ0v) is 8.44. The summed E-state index contributed by atoms with van der Waals surface area (Å²) in [5, 5.41) is 10.1. The summed E-state index contributed by atoms with van der Waals surface area (Å²) < 4.78 is 35.0. The van der Waals surface area contributed by atoms with E-state index in [1.165, 1.54) is 0 Å². The molecule has 0 rings (SSSR count). The first-order chi connectivity index (χ1) is 6.79. The predicted octanol–water partition coefficient (Wildman–Crippen LogP) is 0.686. The summed E-state index contributed by atoms with van der Waals surface area (Å²) in [6.45, 7) is -0.337. The van der Waals surface area contributed by atoms with Crippen molar-refractivity contribution in [3.63, 3.8) is 0 Å². The van der Waals surface area contributed by atoms with Crippen LogP contribution in [0.3, 0.4) is 0 Å². The number of hydrogen-bond acceptors (Lipinski definition) is 3. The van der Waals surface area contributed by atoms with Crippen LogP contribution in [-0.4, -0.2) is 35.5 Å². The lowest BCUT2D eigenvalue weighted by molar-refractivity contribution is -0.173. The lowest BCUT2D eigenvalue weighted by atomic mass is 10.1. The molecule has 0 unspecified atom stereocenters. The van der Waals surface area contributed by atoms with Gasteiger partial charge in [-0.15, -0.1) is 0 Å². The Morgan fingerprint density at radius 2 is 1.93 bits per heavy atom. The number of carbonyl (C=O) groups is 2. The third-order valence-electron chi connectivity index (χ3n) is 1.61. The van der Waals surface area contributed by atoms with Crippen molar-refractivity contribution in [3.05, 3.63) is 0 Å². The fourth-order valence-corrected chi connectivity index (χ4v) is 1.09. The second-order valence-electron chi connectivity index (χ2n) is 2.76. The van der Waals surface area contributed by atoms with Gasteiger partial charge in [0.15, 0.2) is 0 Å². The zero-order chi connectivity index (χ0) is 12.1. The van der Waals surface area contributed by atoms with Gasteiger partial charge in [-0.1, -0.05) is 0 Å². The molecule has 15 heavy (non-hydrogen) atoms. The highest BCUT2D eigenvalue weighted by molar-refractivity contribution is 7.80. The zero-order valence-electron chi connectivity index (χ0n) is 7.54. The molecule has 0 aromatic carbocycles. The Morgan fingerprint density at radius 1 is 1.40 bits per heavy atom. The highest BCUT2D eigenvalue weighted by atomic mass is 32.1. The van der Waals surface area contributed by atoms with Crippen LogP contribution in [0.5, 0.6) is 0 Å². The maximum absolute atomic E-state index is 11.7. The molecule has 1 amide bonds. The van der Waals surface area contributed by atoms with Crippen molar-refractivity contribution in [2.75, 3.05) is 12.3 Å². The normalized spacial score (nSPS) is 13.3. The van der Waals surface area contributed by atoms with Gasteiger partial charge in [0.05, 0.1) is 5.92 Å². The quantitative estimate of drug-likeness (QED) is 0.624. The minimum atomic E-state index is -4.93. The van der Waals surface area contributed by atoms with E-state index in [4.69, 9.17) is 5.11 Å². The molecule has 4 nitrogen and oxygen atoms in total. The number of nitrogens with one attached hydrogen (secondary N) is 1. The van der Waals surface area contributed by atoms with Crippen LogP contribution >= 0.6 is 12.6 Å². The summed E-state index contributed by atoms with van der Waals surface area (Å²) in [5.74, 6) is -4.06. The van der Waals surface area contributed by atoms with E-state index in [0.29, 0.717) is 0 Å². The molecule has 0 spiro atoms. The molecule has 0 saturated heterocycles. The average Bonchev–Trinajstić information content (AvgIpc) is 2.09. The van der Waals surface area contributed by atoms with E-state index < -0.39 is 24.0 Å².